The number of hydrazone groups is 1. The minimum absolute atomic E-state index is 0.0712. The Bertz CT molecular complexity index is 888. The molecule has 2 amide bonds. The van der Waals surface area contributed by atoms with E-state index in [0.717, 1.165) is 16.8 Å². The summed E-state index contributed by atoms with van der Waals surface area (Å²) in [6, 6.07) is 14.5. The van der Waals surface area contributed by atoms with Gasteiger partial charge in [-0.1, -0.05) is 17.7 Å². The van der Waals surface area contributed by atoms with E-state index in [9.17, 15) is 9.59 Å². The quantitative estimate of drug-likeness (QED) is 0.514. The van der Waals surface area contributed by atoms with Crippen molar-refractivity contribution in [2.75, 3.05) is 25.1 Å². The topological polar surface area (TPSA) is 98.2 Å². The molecule has 2 N–H and O–H groups in total. The molecule has 2 aromatic carbocycles. The predicted octanol–water partition coefficient (Wildman–Crippen LogP) is 2.62. The number of nitrogens with one attached hydrogen (secondary N) is 2. The predicted molar refractivity (Wildman–Crippen MR) is 112 cm³/mol. The van der Waals surface area contributed by atoms with E-state index in [-0.39, 0.29) is 24.8 Å². The Labute approximate surface area is 175 Å². The highest BCUT2D eigenvalue weighted by Gasteiger charge is 2.33. The molecule has 3 rings (SSSR count). The molecule has 0 aromatic heterocycles. The SMILES string of the molecule is Cc1ccc(NC(=O)COc2ccc(/C=N\NC(=O)CC3(C)OCCO3)cc2)cc1. The van der Waals surface area contributed by atoms with Crippen LogP contribution >= 0.6 is 0 Å². The van der Waals surface area contributed by atoms with Gasteiger partial charge in [-0.05, 0) is 55.8 Å². The van der Waals surface area contributed by atoms with Crippen molar-refractivity contribution in [3.8, 4) is 5.75 Å². The Hall–Kier alpha value is -3.23. The van der Waals surface area contributed by atoms with Crippen LogP contribution in [0.4, 0.5) is 5.69 Å². The minimum Gasteiger partial charge on any atom is -0.484 e. The van der Waals surface area contributed by atoms with Crippen LogP contribution in [0.25, 0.3) is 0 Å². The van der Waals surface area contributed by atoms with Gasteiger partial charge in [0.25, 0.3) is 5.91 Å². The third kappa shape index (κ3) is 6.68. The maximum Gasteiger partial charge on any atom is 0.262 e. The zero-order valence-corrected chi connectivity index (χ0v) is 17.0. The lowest BCUT2D eigenvalue weighted by Gasteiger charge is -2.20. The van der Waals surface area contributed by atoms with E-state index in [1.807, 2.05) is 31.2 Å². The van der Waals surface area contributed by atoms with Gasteiger partial charge in [-0.15, -0.1) is 0 Å². The Morgan fingerprint density at radius 3 is 2.40 bits per heavy atom. The van der Waals surface area contributed by atoms with Crippen LogP contribution in [-0.4, -0.2) is 43.6 Å². The van der Waals surface area contributed by atoms with Crippen LogP contribution < -0.4 is 15.5 Å². The summed E-state index contributed by atoms with van der Waals surface area (Å²) in [5.74, 6) is -0.866. The van der Waals surface area contributed by atoms with Gasteiger partial charge in [0.05, 0.1) is 25.8 Å². The molecule has 1 fully saturated rings. The van der Waals surface area contributed by atoms with Gasteiger partial charge in [-0.2, -0.15) is 5.10 Å². The Morgan fingerprint density at radius 1 is 1.07 bits per heavy atom. The Balaban J connectivity index is 1.40. The van der Waals surface area contributed by atoms with Gasteiger partial charge >= 0.3 is 0 Å². The number of anilines is 1. The number of amides is 2. The molecule has 1 heterocycles. The van der Waals surface area contributed by atoms with E-state index in [1.54, 1.807) is 31.2 Å². The first-order valence-corrected chi connectivity index (χ1v) is 9.61. The van der Waals surface area contributed by atoms with E-state index in [0.29, 0.717) is 19.0 Å². The average Bonchev–Trinajstić information content (AvgIpc) is 3.15. The van der Waals surface area contributed by atoms with Crippen molar-refractivity contribution in [2.24, 2.45) is 5.10 Å². The van der Waals surface area contributed by atoms with Gasteiger partial charge in [-0.25, -0.2) is 5.43 Å². The van der Waals surface area contributed by atoms with Crippen LogP contribution in [-0.2, 0) is 19.1 Å². The highest BCUT2D eigenvalue weighted by atomic mass is 16.7. The number of hydrogen-bond donors (Lipinski definition) is 2. The second-order valence-electron chi connectivity index (χ2n) is 7.07. The van der Waals surface area contributed by atoms with Crippen molar-refractivity contribution in [3.05, 3.63) is 59.7 Å². The second-order valence-corrected chi connectivity index (χ2v) is 7.07. The monoisotopic (exact) mass is 411 g/mol. The molecule has 158 valence electrons. The van der Waals surface area contributed by atoms with Crippen LogP contribution in [0.1, 0.15) is 24.5 Å². The maximum absolute atomic E-state index is 12.0. The van der Waals surface area contributed by atoms with Gasteiger partial charge in [0.2, 0.25) is 5.91 Å². The van der Waals surface area contributed by atoms with Gasteiger partial charge < -0.3 is 19.5 Å². The molecule has 0 saturated carbocycles. The molecule has 8 heteroatoms. The maximum atomic E-state index is 12.0. The molecule has 8 nitrogen and oxygen atoms in total. The number of carbonyl (C=O) groups is 2. The van der Waals surface area contributed by atoms with Crippen molar-refractivity contribution in [3.63, 3.8) is 0 Å². The molecule has 0 bridgehead atoms. The van der Waals surface area contributed by atoms with E-state index in [2.05, 4.69) is 15.8 Å². The summed E-state index contributed by atoms with van der Waals surface area (Å²) in [7, 11) is 0. The fourth-order valence-electron chi connectivity index (χ4n) is 2.80. The summed E-state index contributed by atoms with van der Waals surface area (Å²) in [5, 5.41) is 6.71. The van der Waals surface area contributed by atoms with Gasteiger partial charge in [-0.3, -0.25) is 9.59 Å². The minimum atomic E-state index is -0.885. The molecule has 0 atom stereocenters. The first-order valence-electron chi connectivity index (χ1n) is 9.61. The number of rotatable bonds is 8. The third-order valence-corrected chi connectivity index (χ3v) is 4.37. The molecule has 1 aliphatic heterocycles. The normalized spacial score (nSPS) is 15.1. The smallest absolute Gasteiger partial charge is 0.262 e. The second kappa shape index (κ2) is 10.00. The van der Waals surface area contributed by atoms with Crippen molar-refractivity contribution in [1.29, 1.82) is 0 Å². The van der Waals surface area contributed by atoms with Crippen molar-refractivity contribution in [1.82, 2.24) is 5.43 Å². The number of aryl methyl sites for hydroxylation is 1. The van der Waals surface area contributed by atoms with Crippen molar-refractivity contribution in [2.45, 2.75) is 26.1 Å². The van der Waals surface area contributed by atoms with Crippen LogP contribution in [0.15, 0.2) is 53.6 Å². The number of benzene rings is 2. The molecule has 0 spiro atoms. The molecule has 0 unspecified atom stereocenters. The lowest BCUT2D eigenvalue weighted by Crippen LogP contribution is -2.33. The molecule has 0 radical (unpaired) electrons. The summed E-state index contributed by atoms with van der Waals surface area (Å²) < 4.78 is 16.3. The molecule has 0 aliphatic carbocycles. The number of nitrogens with zero attached hydrogens (tertiary/aromatic N) is 1. The fourth-order valence-corrected chi connectivity index (χ4v) is 2.80. The van der Waals surface area contributed by atoms with Crippen LogP contribution in [0, 0.1) is 6.92 Å². The Kier molecular flexibility index (Phi) is 7.16. The van der Waals surface area contributed by atoms with Crippen molar-refractivity contribution >= 4 is 23.7 Å². The molecule has 30 heavy (non-hydrogen) atoms. The van der Waals surface area contributed by atoms with Crippen LogP contribution in [0.5, 0.6) is 5.75 Å². The highest BCUT2D eigenvalue weighted by Crippen LogP contribution is 2.22. The van der Waals surface area contributed by atoms with Crippen molar-refractivity contribution < 1.29 is 23.8 Å². The molecule has 1 aliphatic rings. The lowest BCUT2D eigenvalue weighted by atomic mass is 10.2. The highest BCUT2D eigenvalue weighted by molar-refractivity contribution is 5.91. The average molecular weight is 411 g/mol. The first-order chi connectivity index (χ1) is 14.4. The van der Waals surface area contributed by atoms with E-state index < -0.39 is 5.79 Å². The fraction of sp³-hybridized carbons (Fsp3) is 0.318. The van der Waals surface area contributed by atoms with E-state index in [4.69, 9.17) is 14.2 Å². The molecule has 2 aromatic rings. The van der Waals surface area contributed by atoms with Gasteiger partial charge in [0.1, 0.15) is 5.75 Å². The number of ether oxygens (including phenoxy) is 3. The molecular formula is C22H25N3O5. The van der Waals surface area contributed by atoms with E-state index >= 15 is 0 Å². The summed E-state index contributed by atoms with van der Waals surface area (Å²) in [4.78, 5) is 23.9. The lowest BCUT2D eigenvalue weighted by molar-refractivity contribution is -0.159. The largest absolute Gasteiger partial charge is 0.484 e. The number of carbonyl (C=O) groups excluding carboxylic acids is 2. The summed E-state index contributed by atoms with van der Waals surface area (Å²) >= 11 is 0. The summed E-state index contributed by atoms with van der Waals surface area (Å²) in [5.41, 5.74) is 5.07. The summed E-state index contributed by atoms with van der Waals surface area (Å²) in [6.45, 7) is 4.57. The third-order valence-electron chi connectivity index (χ3n) is 4.37. The first kappa shape index (κ1) is 21.5. The molecular weight excluding hydrogens is 386 g/mol. The molecule has 1 saturated heterocycles. The van der Waals surface area contributed by atoms with Crippen LogP contribution in [0.3, 0.4) is 0 Å². The summed E-state index contributed by atoms with van der Waals surface area (Å²) in [6.07, 6.45) is 1.59. The standard InChI is InChI=1S/C22H25N3O5/c1-16-3-7-18(8-4-16)24-21(27)15-28-19-9-5-17(6-10-19)14-23-25-20(26)13-22(2)29-11-12-30-22/h3-10,14H,11-13,15H2,1-2H3,(H,24,27)(H,25,26)/b23-14-. The van der Waals surface area contributed by atoms with E-state index in [1.165, 1.54) is 6.21 Å². The number of hydrogen-bond acceptors (Lipinski definition) is 6. The Morgan fingerprint density at radius 2 is 1.73 bits per heavy atom. The van der Waals surface area contributed by atoms with Gasteiger partial charge in [0, 0.05) is 5.69 Å². The van der Waals surface area contributed by atoms with Gasteiger partial charge in [0.15, 0.2) is 12.4 Å². The zero-order valence-electron chi connectivity index (χ0n) is 17.0. The van der Waals surface area contributed by atoms with Crippen LogP contribution in [0.2, 0.25) is 0 Å². The zero-order chi connectivity index (χ0) is 21.4.